The zero-order valence-corrected chi connectivity index (χ0v) is 22.0. The number of ether oxygens (including phenoxy) is 2. The maximum atomic E-state index is 12.7. The highest BCUT2D eigenvalue weighted by Crippen LogP contribution is 2.30. The maximum absolute atomic E-state index is 12.7. The first-order valence-electron chi connectivity index (χ1n) is 13.1. The van der Waals surface area contributed by atoms with Gasteiger partial charge in [-0.2, -0.15) is 9.97 Å². The van der Waals surface area contributed by atoms with Gasteiger partial charge in [-0.3, -0.25) is 4.79 Å². The fourth-order valence-corrected chi connectivity index (χ4v) is 4.08. The predicted molar refractivity (Wildman–Crippen MR) is 145 cm³/mol. The van der Waals surface area contributed by atoms with Crippen LogP contribution in [0.15, 0.2) is 24.5 Å². The third-order valence-corrected chi connectivity index (χ3v) is 6.65. The molecule has 0 radical (unpaired) electrons. The number of carbonyl (C=O) groups excluding carboxylic acids is 1. The van der Waals surface area contributed by atoms with Crippen LogP contribution in [0.1, 0.15) is 48.7 Å². The Bertz CT molecular complexity index is 1130. The third-order valence-electron chi connectivity index (χ3n) is 6.65. The molecule has 38 heavy (non-hydrogen) atoms. The molecule has 206 valence electrons. The van der Waals surface area contributed by atoms with E-state index in [-0.39, 0.29) is 30.3 Å². The number of hydrogen-bond acceptors (Lipinski definition) is 11. The molecule has 1 amide bonds. The summed E-state index contributed by atoms with van der Waals surface area (Å²) in [5.74, 6) is 1.97. The molecule has 2 aliphatic rings. The number of nitrogens with two attached hydrogens (primary N) is 2. The first-order valence-corrected chi connectivity index (χ1v) is 13.1. The quantitative estimate of drug-likeness (QED) is 0.268. The molecule has 7 N–H and O–H groups in total. The number of aromatic nitrogens is 3. The Morgan fingerprint density at radius 1 is 1.18 bits per heavy atom. The van der Waals surface area contributed by atoms with Crippen LogP contribution in [0, 0.1) is 11.8 Å². The third kappa shape index (κ3) is 7.37. The van der Waals surface area contributed by atoms with Crippen molar-refractivity contribution in [3.8, 4) is 11.8 Å². The van der Waals surface area contributed by atoms with Crippen molar-refractivity contribution in [3.63, 3.8) is 0 Å². The first-order chi connectivity index (χ1) is 18.4. The van der Waals surface area contributed by atoms with Crippen LogP contribution >= 0.6 is 0 Å². The molecule has 1 saturated heterocycles. The Labute approximate surface area is 222 Å². The molecule has 3 heterocycles. The number of nitrogens with one attached hydrogen (secondary N) is 2. The van der Waals surface area contributed by atoms with Crippen LogP contribution in [0.3, 0.4) is 0 Å². The van der Waals surface area contributed by atoms with Gasteiger partial charge in [0, 0.05) is 50.2 Å². The van der Waals surface area contributed by atoms with Crippen LogP contribution in [0.2, 0.25) is 0 Å². The summed E-state index contributed by atoms with van der Waals surface area (Å²) in [4.78, 5) is 28.0. The molecular formula is C26H38N8O4. The lowest BCUT2D eigenvalue weighted by molar-refractivity contribution is 0.0915. The lowest BCUT2D eigenvalue weighted by Gasteiger charge is -2.33. The lowest BCUT2D eigenvalue weighted by Crippen LogP contribution is -2.37. The van der Waals surface area contributed by atoms with Crippen molar-refractivity contribution in [3.05, 3.63) is 35.8 Å². The number of aliphatic hydroxyl groups excluding tert-OH is 1. The lowest BCUT2D eigenvalue weighted by atomic mass is 9.98. The highest BCUT2D eigenvalue weighted by molar-refractivity contribution is 5.93. The molecule has 0 bridgehead atoms. The summed E-state index contributed by atoms with van der Waals surface area (Å²) in [6.07, 6.45) is 7.34. The number of rotatable bonds is 12. The van der Waals surface area contributed by atoms with Gasteiger partial charge in [-0.05, 0) is 50.5 Å². The maximum Gasteiger partial charge on any atom is 0.319 e. The van der Waals surface area contributed by atoms with E-state index < -0.39 is 0 Å². The molecule has 4 rings (SSSR count). The van der Waals surface area contributed by atoms with Crippen molar-refractivity contribution in [2.75, 3.05) is 50.6 Å². The molecule has 1 atom stereocenters. The number of hydrogen-bond donors (Lipinski definition) is 5. The average Bonchev–Trinajstić information content (AvgIpc) is 3.76. The van der Waals surface area contributed by atoms with Gasteiger partial charge in [0.2, 0.25) is 0 Å². The molecule has 0 aromatic carbocycles. The average molecular weight is 527 g/mol. The Kier molecular flexibility index (Phi) is 9.06. The van der Waals surface area contributed by atoms with E-state index in [4.69, 9.17) is 20.9 Å². The molecule has 0 spiro atoms. The molecule has 1 aliphatic heterocycles. The van der Waals surface area contributed by atoms with Gasteiger partial charge in [-0.1, -0.05) is 0 Å². The smallest absolute Gasteiger partial charge is 0.319 e. The van der Waals surface area contributed by atoms with E-state index in [2.05, 4.69) is 30.5 Å². The molecule has 12 nitrogen and oxygen atoms in total. The van der Waals surface area contributed by atoms with E-state index in [1.807, 2.05) is 0 Å². The van der Waals surface area contributed by atoms with Gasteiger partial charge in [-0.15, -0.1) is 0 Å². The second-order valence-corrected chi connectivity index (χ2v) is 9.94. The van der Waals surface area contributed by atoms with Gasteiger partial charge in [-0.25, -0.2) is 4.98 Å². The van der Waals surface area contributed by atoms with E-state index >= 15 is 0 Å². The van der Waals surface area contributed by atoms with Gasteiger partial charge >= 0.3 is 6.01 Å². The van der Waals surface area contributed by atoms with Crippen LogP contribution in [-0.2, 0) is 0 Å². The number of amides is 1. The number of carbonyl (C=O) groups is 1. The molecule has 1 saturated carbocycles. The van der Waals surface area contributed by atoms with E-state index in [1.165, 1.54) is 0 Å². The molecular weight excluding hydrogens is 488 g/mol. The summed E-state index contributed by atoms with van der Waals surface area (Å²) >= 11 is 0. The monoisotopic (exact) mass is 526 g/mol. The number of pyridine rings is 1. The summed E-state index contributed by atoms with van der Waals surface area (Å²) in [5, 5.41) is 14.9. The fourth-order valence-electron chi connectivity index (χ4n) is 4.08. The number of piperidine rings is 1. The Balaban J connectivity index is 1.38. The zero-order chi connectivity index (χ0) is 27.1. The highest BCUT2D eigenvalue weighted by atomic mass is 16.5. The summed E-state index contributed by atoms with van der Waals surface area (Å²) in [5.41, 5.74) is 13.6. The zero-order valence-electron chi connectivity index (χ0n) is 22.0. The van der Waals surface area contributed by atoms with Crippen molar-refractivity contribution in [2.24, 2.45) is 17.6 Å². The topological polar surface area (TPSA) is 174 Å². The number of nitrogens with zero attached hydrogens (tertiary/aromatic N) is 4. The molecule has 2 aromatic heterocycles. The van der Waals surface area contributed by atoms with E-state index in [0.717, 1.165) is 44.3 Å². The Morgan fingerprint density at radius 3 is 2.58 bits per heavy atom. The standard InChI is InChI=1S/C26H38N8O4/c1-16(13-35)31-25(36)21-10-23(33-26(32-21)38-15-17-3-4-17)34-7-5-18(6-8-34)14-37-22-9-19(11-30-24(22)28)20(27)12-29-2/h9-12,16-18,29,35H,3-8,13-15,27H2,1-2H3,(H2,28,30)(H,31,36)/b20-12-/t16-/m1/s1. The van der Waals surface area contributed by atoms with Crippen molar-refractivity contribution in [1.29, 1.82) is 0 Å². The number of aliphatic hydroxyl groups is 1. The van der Waals surface area contributed by atoms with Crippen LogP contribution in [-0.4, -0.2) is 72.0 Å². The summed E-state index contributed by atoms with van der Waals surface area (Å²) < 4.78 is 11.8. The van der Waals surface area contributed by atoms with Crippen LogP contribution < -0.4 is 36.5 Å². The molecule has 2 fully saturated rings. The van der Waals surface area contributed by atoms with E-state index in [0.29, 0.717) is 48.1 Å². The van der Waals surface area contributed by atoms with E-state index in [1.54, 1.807) is 38.5 Å². The second-order valence-electron chi connectivity index (χ2n) is 9.94. The molecule has 2 aromatic rings. The normalized spacial score (nSPS) is 17.1. The molecule has 1 aliphatic carbocycles. The fraction of sp³-hybridized carbons (Fsp3) is 0.538. The van der Waals surface area contributed by atoms with Gasteiger partial charge in [0.05, 0.1) is 25.5 Å². The van der Waals surface area contributed by atoms with Crippen LogP contribution in [0.4, 0.5) is 11.6 Å². The number of nitrogen functional groups attached to an aromatic ring is 1. The first kappa shape index (κ1) is 27.2. The number of anilines is 2. The minimum absolute atomic E-state index is 0.156. The van der Waals surface area contributed by atoms with Gasteiger partial charge < -0.3 is 41.6 Å². The SMILES string of the molecule is CN/C=C(\N)c1cnc(N)c(OCC2CCN(c3cc(C(=O)N[C@H](C)CO)nc(OCC4CC4)n3)CC2)c1. The largest absolute Gasteiger partial charge is 0.489 e. The Hall–Kier alpha value is -3.80. The molecule has 12 heteroatoms. The van der Waals surface area contributed by atoms with Gasteiger partial charge in [0.15, 0.2) is 11.6 Å². The summed E-state index contributed by atoms with van der Waals surface area (Å²) in [7, 11) is 1.78. The second kappa shape index (κ2) is 12.6. The predicted octanol–water partition coefficient (Wildman–Crippen LogP) is 1.13. The van der Waals surface area contributed by atoms with Crippen molar-refractivity contribution in [2.45, 2.75) is 38.6 Å². The summed E-state index contributed by atoms with van der Waals surface area (Å²) in [6.45, 7) is 4.11. The van der Waals surface area contributed by atoms with Crippen LogP contribution in [0.25, 0.3) is 5.70 Å². The van der Waals surface area contributed by atoms with Gasteiger partial charge in [0.1, 0.15) is 11.5 Å². The van der Waals surface area contributed by atoms with Crippen LogP contribution in [0.5, 0.6) is 11.8 Å². The molecule has 0 unspecified atom stereocenters. The van der Waals surface area contributed by atoms with Crippen molar-refractivity contribution in [1.82, 2.24) is 25.6 Å². The minimum atomic E-state index is -0.381. The van der Waals surface area contributed by atoms with E-state index in [9.17, 15) is 9.90 Å². The summed E-state index contributed by atoms with van der Waals surface area (Å²) in [6, 6.07) is 3.31. The van der Waals surface area contributed by atoms with Gasteiger partial charge in [0.25, 0.3) is 5.91 Å². The van der Waals surface area contributed by atoms with Crippen molar-refractivity contribution < 1.29 is 19.4 Å². The van der Waals surface area contributed by atoms with Crippen molar-refractivity contribution >= 4 is 23.2 Å². The highest BCUT2D eigenvalue weighted by Gasteiger charge is 2.26. The Morgan fingerprint density at radius 2 is 1.89 bits per heavy atom. The minimum Gasteiger partial charge on any atom is -0.489 e.